The third-order valence-corrected chi connectivity index (χ3v) is 5.28. The molecule has 2 N–H and O–H groups in total. The van der Waals surface area contributed by atoms with Gasteiger partial charge in [-0.3, -0.25) is 9.36 Å². The van der Waals surface area contributed by atoms with E-state index in [2.05, 4.69) is 27.1 Å². The first-order chi connectivity index (χ1) is 11.8. The molecule has 1 saturated carbocycles. The van der Waals surface area contributed by atoms with Crippen molar-refractivity contribution in [2.75, 3.05) is 5.32 Å². The van der Waals surface area contributed by atoms with Crippen molar-refractivity contribution in [3.8, 4) is 0 Å². The van der Waals surface area contributed by atoms with E-state index < -0.39 is 5.60 Å². The number of benzene rings is 1. The Hall–Kier alpha value is -2.34. The molecule has 6 heteroatoms. The van der Waals surface area contributed by atoms with E-state index in [0.717, 1.165) is 33.7 Å². The third-order valence-electron chi connectivity index (χ3n) is 5.28. The number of hydrogen-bond acceptors (Lipinski definition) is 4. The maximum atomic E-state index is 10.3. The standard InChI is InChI=1S/C19H25N5O/c1-12-16(11-20-24(12)14-6-5-7-14)21-18-15-10-13(19(2,3)25)8-9-17(15)23(4)22-18/h8-11,14,25H,5-7H2,1-4H3,(H,21,22). The molecule has 0 bridgehead atoms. The summed E-state index contributed by atoms with van der Waals surface area (Å²) in [5.41, 5.74) is 3.15. The fourth-order valence-corrected chi connectivity index (χ4v) is 3.41. The first-order valence-electron chi connectivity index (χ1n) is 8.85. The fraction of sp³-hybridized carbons (Fsp3) is 0.474. The zero-order chi connectivity index (χ0) is 17.8. The average Bonchev–Trinajstić information content (AvgIpc) is 3.00. The molecule has 1 fully saturated rings. The monoisotopic (exact) mass is 339 g/mol. The van der Waals surface area contributed by atoms with Crippen LogP contribution in [0.5, 0.6) is 0 Å². The maximum absolute atomic E-state index is 10.3. The highest BCUT2D eigenvalue weighted by molar-refractivity contribution is 5.92. The molecular weight excluding hydrogens is 314 g/mol. The molecule has 0 saturated heterocycles. The Balaban J connectivity index is 1.73. The van der Waals surface area contributed by atoms with Crippen LogP contribution in [0.2, 0.25) is 0 Å². The molecule has 1 aliphatic rings. The molecule has 0 aliphatic heterocycles. The number of aromatic nitrogens is 4. The number of nitrogens with one attached hydrogen (secondary N) is 1. The maximum Gasteiger partial charge on any atom is 0.160 e. The van der Waals surface area contributed by atoms with E-state index in [-0.39, 0.29) is 0 Å². The quantitative estimate of drug-likeness (QED) is 0.759. The van der Waals surface area contributed by atoms with E-state index >= 15 is 0 Å². The molecule has 0 amide bonds. The highest BCUT2D eigenvalue weighted by Gasteiger charge is 2.23. The number of aryl methyl sites for hydroxylation is 1. The van der Waals surface area contributed by atoms with Gasteiger partial charge in [0.05, 0.1) is 34.7 Å². The molecule has 6 nitrogen and oxygen atoms in total. The van der Waals surface area contributed by atoms with E-state index in [0.29, 0.717) is 6.04 Å². The van der Waals surface area contributed by atoms with Crippen molar-refractivity contribution in [1.82, 2.24) is 19.6 Å². The van der Waals surface area contributed by atoms with Crippen LogP contribution in [0.1, 0.15) is 50.4 Å². The zero-order valence-electron chi connectivity index (χ0n) is 15.2. The van der Waals surface area contributed by atoms with Gasteiger partial charge in [-0.1, -0.05) is 6.07 Å². The highest BCUT2D eigenvalue weighted by Crippen LogP contribution is 2.35. The third kappa shape index (κ3) is 2.70. The van der Waals surface area contributed by atoms with Gasteiger partial charge in [-0.25, -0.2) is 0 Å². The summed E-state index contributed by atoms with van der Waals surface area (Å²) in [6, 6.07) is 6.51. The second kappa shape index (κ2) is 5.59. The van der Waals surface area contributed by atoms with Crippen molar-refractivity contribution in [2.24, 2.45) is 7.05 Å². The Bertz CT molecular complexity index is 927. The van der Waals surface area contributed by atoms with Crippen LogP contribution in [0.3, 0.4) is 0 Å². The van der Waals surface area contributed by atoms with Crippen LogP contribution in [0.15, 0.2) is 24.4 Å². The minimum atomic E-state index is -0.883. The van der Waals surface area contributed by atoms with Gasteiger partial charge in [0.1, 0.15) is 0 Å². The number of nitrogens with zero attached hydrogens (tertiary/aromatic N) is 4. The predicted octanol–water partition coefficient (Wildman–Crippen LogP) is 3.77. The molecule has 0 spiro atoms. The summed E-state index contributed by atoms with van der Waals surface area (Å²) in [6.45, 7) is 5.69. The summed E-state index contributed by atoms with van der Waals surface area (Å²) in [5, 5.41) is 23.9. The number of fused-ring (bicyclic) bond motifs is 1. The van der Waals surface area contributed by atoms with Crippen molar-refractivity contribution in [2.45, 2.75) is 51.7 Å². The molecule has 0 unspecified atom stereocenters. The van der Waals surface area contributed by atoms with E-state index in [9.17, 15) is 5.11 Å². The molecule has 132 valence electrons. The van der Waals surface area contributed by atoms with Crippen LogP contribution in [-0.4, -0.2) is 24.7 Å². The first-order valence-corrected chi connectivity index (χ1v) is 8.85. The fourth-order valence-electron chi connectivity index (χ4n) is 3.41. The van der Waals surface area contributed by atoms with Gasteiger partial charge in [-0.15, -0.1) is 0 Å². The van der Waals surface area contributed by atoms with Gasteiger partial charge in [0.2, 0.25) is 0 Å². The smallest absolute Gasteiger partial charge is 0.160 e. The summed E-state index contributed by atoms with van der Waals surface area (Å²) in [5.74, 6) is 0.792. The predicted molar refractivity (Wildman–Crippen MR) is 99.1 cm³/mol. The summed E-state index contributed by atoms with van der Waals surface area (Å²) >= 11 is 0. The van der Waals surface area contributed by atoms with Gasteiger partial charge in [0.15, 0.2) is 5.82 Å². The second-order valence-corrected chi connectivity index (χ2v) is 7.56. The molecule has 0 atom stereocenters. The zero-order valence-corrected chi connectivity index (χ0v) is 15.2. The van der Waals surface area contributed by atoms with Gasteiger partial charge in [0.25, 0.3) is 0 Å². The van der Waals surface area contributed by atoms with Crippen LogP contribution < -0.4 is 5.32 Å². The Labute approximate surface area is 147 Å². The molecule has 3 aromatic rings. The lowest BCUT2D eigenvalue weighted by Crippen LogP contribution is -2.19. The van der Waals surface area contributed by atoms with E-state index in [1.54, 1.807) is 13.8 Å². The van der Waals surface area contributed by atoms with Crippen LogP contribution in [0.25, 0.3) is 10.9 Å². The van der Waals surface area contributed by atoms with E-state index in [1.807, 2.05) is 36.1 Å². The lowest BCUT2D eigenvalue weighted by molar-refractivity contribution is 0.0787. The van der Waals surface area contributed by atoms with Gasteiger partial charge in [-0.2, -0.15) is 10.2 Å². The van der Waals surface area contributed by atoms with Crippen LogP contribution in [-0.2, 0) is 12.6 Å². The lowest BCUT2D eigenvalue weighted by atomic mass is 9.93. The normalized spacial score (nSPS) is 15.6. The van der Waals surface area contributed by atoms with Gasteiger partial charge in [0, 0.05) is 12.4 Å². The molecule has 25 heavy (non-hydrogen) atoms. The van der Waals surface area contributed by atoms with E-state index in [4.69, 9.17) is 0 Å². The van der Waals surface area contributed by atoms with Crippen molar-refractivity contribution >= 4 is 22.4 Å². The summed E-state index contributed by atoms with van der Waals surface area (Å²) < 4.78 is 3.98. The summed E-state index contributed by atoms with van der Waals surface area (Å²) in [6.07, 6.45) is 5.60. The molecule has 4 rings (SSSR count). The van der Waals surface area contributed by atoms with Crippen molar-refractivity contribution in [3.63, 3.8) is 0 Å². The molecular formula is C19H25N5O. The summed E-state index contributed by atoms with van der Waals surface area (Å²) in [7, 11) is 1.93. The minimum absolute atomic E-state index is 0.540. The molecule has 1 aliphatic carbocycles. The number of aliphatic hydroxyl groups is 1. The van der Waals surface area contributed by atoms with Crippen LogP contribution in [0, 0.1) is 6.92 Å². The van der Waals surface area contributed by atoms with Crippen molar-refractivity contribution in [1.29, 1.82) is 0 Å². The Morgan fingerprint density at radius 3 is 2.68 bits per heavy atom. The number of rotatable bonds is 4. The van der Waals surface area contributed by atoms with Gasteiger partial charge < -0.3 is 10.4 Å². The Morgan fingerprint density at radius 1 is 1.28 bits per heavy atom. The molecule has 1 aromatic carbocycles. The second-order valence-electron chi connectivity index (χ2n) is 7.56. The van der Waals surface area contributed by atoms with E-state index in [1.165, 1.54) is 19.3 Å². The lowest BCUT2D eigenvalue weighted by Gasteiger charge is -2.26. The van der Waals surface area contributed by atoms with Gasteiger partial charge in [-0.05, 0) is 57.7 Å². The molecule has 0 radical (unpaired) electrons. The van der Waals surface area contributed by atoms with Crippen LogP contribution in [0.4, 0.5) is 11.5 Å². The minimum Gasteiger partial charge on any atom is -0.386 e. The largest absolute Gasteiger partial charge is 0.386 e. The topological polar surface area (TPSA) is 67.9 Å². The Morgan fingerprint density at radius 2 is 2.04 bits per heavy atom. The van der Waals surface area contributed by atoms with Crippen molar-refractivity contribution in [3.05, 3.63) is 35.7 Å². The molecule has 2 aromatic heterocycles. The highest BCUT2D eigenvalue weighted by atomic mass is 16.3. The molecule has 2 heterocycles. The van der Waals surface area contributed by atoms with Crippen LogP contribution >= 0.6 is 0 Å². The number of hydrogen-bond donors (Lipinski definition) is 2. The van der Waals surface area contributed by atoms with Crippen molar-refractivity contribution < 1.29 is 5.11 Å². The van der Waals surface area contributed by atoms with Gasteiger partial charge >= 0.3 is 0 Å². The Kier molecular flexibility index (Phi) is 3.61. The summed E-state index contributed by atoms with van der Waals surface area (Å²) in [4.78, 5) is 0. The SMILES string of the molecule is Cc1c(Nc2nn(C)c3ccc(C(C)(C)O)cc23)cnn1C1CCC1. The first kappa shape index (κ1) is 16.1. The average molecular weight is 339 g/mol. The number of anilines is 2.